The van der Waals surface area contributed by atoms with Gasteiger partial charge in [-0.1, -0.05) is 26.2 Å². The summed E-state index contributed by atoms with van der Waals surface area (Å²) in [5.74, 6) is 0. The molecule has 0 atom stereocenters. The highest BCUT2D eigenvalue weighted by atomic mass is 15.3. The van der Waals surface area contributed by atoms with Crippen molar-refractivity contribution < 1.29 is 0 Å². The molecule has 2 saturated heterocycles. The van der Waals surface area contributed by atoms with Crippen LogP contribution in [-0.2, 0) is 0 Å². The van der Waals surface area contributed by atoms with Crippen LogP contribution in [0.2, 0.25) is 0 Å². The molecule has 0 amide bonds. The van der Waals surface area contributed by atoms with Gasteiger partial charge < -0.3 is 111 Å². The van der Waals surface area contributed by atoms with Crippen LogP contribution in [0.5, 0.6) is 0 Å². The molecule has 2 rings (SSSR count). The Bertz CT molecular complexity index is 730. The average molecular weight is 988 g/mol. The second-order valence-corrected chi connectivity index (χ2v) is 16.5. The molecule has 0 aromatic heterocycles. The maximum Gasteiger partial charge on any atom is 0.0110 e. The molecule has 0 saturated carbocycles. The Labute approximate surface area is 420 Å². The van der Waals surface area contributed by atoms with E-state index in [1.165, 1.54) is 77.7 Å². The first kappa shape index (κ1) is 78.6. The normalized spacial score (nSPS) is 13.6. The maximum absolute atomic E-state index is 5.54. The molecule has 2 aliphatic rings. The SMILES string of the molecule is CCCN(CCN)CCN.CN(CCN)CCN.NCCCCCN.NCCCCCN1CCN(CCN)CC1.NCCCCCNCCN.NCCCN.NCCN.NCCN1CCNCC1. The fourth-order valence-electron chi connectivity index (χ4n) is 6.14. The largest absolute Gasteiger partial charge is 0.330 e. The van der Waals surface area contributed by atoms with Crippen LogP contribution in [0, 0.1) is 0 Å². The van der Waals surface area contributed by atoms with Gasteiger partial charge in [0.05, 0.1) is 0 Å². The van der Waals surface area contributed by atoms with Crippen molar-refractivity contribution >= 4 is 0 Å². The molecule has 0 unspecified atom stereocenters. The van der Waals surface area contributed by atoms with E-state index in [0.717, 1.165) is 196 Å². The Hall–Kier alpha value is -0.880. The number of rotatable bonds is 33. The van der Waals surface area contributed by atoms with E-state index in [9.17, 15) is 0 Å². The molecule has 0 aromatic carbocycles. The summed E-state index contributed by atoms with van der Waals surface area (Å²) in [5, 5.41) is 6.52. The lowest BCUT2D eigenvalue weighted by Gasteiger charge is -2.34. The van der Waals surface area contributed by atoms with E-state index in [0.29, 0.717) is 13.1 Å². The first-order chi connectivity index (χ1) is 33.1. The van der Waals surface area contributed by atoms with Gasteiger partial charge in [-0.25, -0.2) is 0 Å². The van der Waals surface area contributed by atoms with Crippen molar-refractivity contribution in [2.75, 3.05) is 223 Å². The number of likely N-dealkylation sites (N-methyl/N-ethyl adjacent to an activating group) is 1. The third kappa shape index (κ3) is 79.3. The van der Waals surface area contributed by atoms with E-state index >= 15 is 0 Å². The first-order valence-electron chi connectivity index (χ1n) is 26.6. The molecule has 32 N–H and O–H groups in total. The van der Waals surface area contributed by atoms with Crippen molar-refractivity contribution in [1.29, 1.82) is 0 Å². The number of hydrogen-bond acceptors (Lipinski definition) is 22. The minimum atomic E-state index is 0.597. The summed E-state index contributed by atoms with van der Waals surface area (Å²) in [6.45, 7) is 33.0. The second kappa shape index (κ2) is 77.6. The lowest BCUT2D eigenvalue weighted by molar-refractivity contribution is 0.133. The fourth-order valence-corrected chi connectivity index (χ4v) is 6.14. The molecule has 68 heavy (non-hydrogen) atoms. The second-order valence-electron chi connectivity index (χ2n) is 16.5. The van der Waals surface area contributed by atoms with Crippen molar-refractivity contribution in [3.8, 4) is 0 Å². The minimum Gasteiger partial charge on any atom is -0.330 e. The van der Waals surface area contributed by atoms with E-state index in [2.05, 4.69) is 42.1 Å². The molecule has 420 valence electrons. The molecule has 0 bridgehead atoms. The van der Waals surface area contributed by atoms with Gasteiger partial charge in [-0.3, -0.25) is 9.80 Å². The Balaban J connectivity index is -0.000000166. The standard InChI is InChI=1S/C11H26N4.2C7H19N3.C6H15N3.C5H15N3.C5H14N2.C3H10N2.C2H8N2/c12-4-2-1-3-6-14-8-10-15(7-5-13)11-9-14;1-2-5-10(6-3-8)7-4-9;8-4-2-1-3-6-10-7-5-9;7-1-4-9-5-2-8-3-6-9;1-8(4-2-6)5-3-7;6-4-2-1-3-5-7;4-2-1-3-5;3-1-2-4/h1-13H2;2-9H2,1H3;10H,1-9H2;8H,1-7H2;2-7H2,1H3;1-7H2;1-5H2;1-4H2. The van der Waals surface area contributed by atoms with Crippen LogP contribution in [0.25, 0.3) is 0 Å². The van der Waals surface area contributed by atoms with Gasteiger partial charge in [0, 0.05) is 157 Å². The van der Waals surface area contributed by atoms with E-state index in [4.69, 9.17) is 86.0 Å². The van der Waals surface area contributed by atoms with Crippen LogP contribution >= 0.6 is 0 Å². The van der Waals surface area contributed by atoms with Gasteiger partial charge in [-0.2, -0.15) is 0 Å². The molecule has 0 radical (unpaired) electrons. The summed E-state index contributed by atoms with van der Waals surface area (Å²) in [7, 11) is 2.01. The summed E-state index contributed by atoms with van der Waals surface area (Å²) < 4.78 is 0. The van der Waals surface area contributed by atoms with Gasteiger partial charge in [0.15, 0.2) is 0 Å². The third-order valence-electron chi connectivity index (χ3n) is 10.1. The molecular formula is C46H126N22. The highest BCUT2D eigenvalue weighted by Gasteiger charge is 2.15. The Morgan fingerprint density at radius 2 is 0.735 bits per heavy atom. The lowest BCUT2D eigenvalue weighted by Crippen LogP contribution is -2.47. The van der Waals surface area contributed by atoms with Gasteiger partial charge in [-0.05, 0) is 117 Å². The number of nitrogens with two attached hydrogens (primary N) is 15. The smallest absolute Gasteiger partial charge is 0.0110 e. The zero-order chi connectivity index (χ0) is 52.4. The van der Waals surface area contributed by atoms with Crippen molar-refractivity contribution in [1.82, 2.24) is 35.1 Å². The van der Waals surface area contributed by atoms with Crippen LogP contribution in [0.4, 0.5) is 0 Å². The van der Waals surface area contributed by atoms with Crippen molar-refractivity contribution in [3.05, 3.63) is 0 Å². The maximum atomic E-state index is 5.54. The van der Waals surface area contributed by atoms with Crippen LogP contribution in [-0.4, -0.2) is 248 Å². The summed E-state index contributed by atoms with van der Waals surface area (Å²) in [6, 6.07) is 0. The predicted molar refractivity (Wildman–Crippen MR) is 301 cm³/mol. The van der Waals surface area contributed by atoms with Gasteiger partial charge in [0.1, 0.15) is 0 Å². The summed E-state index contributed by atoms with van der Waals surface area (Å²) in [4.78, 5) is 11.8. The zero-order valence-electron chi connectivity index (χ0n) is 45.0. The number of unbranched alkanes of at least 4 members (excludes halogenated alkanes) is 6. The number of nitrogens with one attached hydrogen (secondary N) is 2. The Kier molecular flexibility index (Phi) is 89.6. The third-order valence-corrected chi connectivity index (χ3v) is 10.1. The molecule has 0 spiro atoms. The van der Waals surface area contributed by atoms with Crippen LogP contribution in [0.3, 0.4) is 0 Å². The predicted octanol–water partition coefficient (Wildman–Crippen LogP) is -5.07. The molecule has 0 aromatic rings. The Morgan fingerprint density at radius 1 is 0.353 bits per heavy atom. The van der Waals surface area contributed by atoms with Crippen LogP contribution < -0.4 is 96.6 Å². The number of nitrogens with zero attached hydrogens (tertiary/aromatic N) is 5. The molecule has 22 heteroatoms. The first-order valence-corrected chi connectivity index (χ1v) is 26.6. The van der Waals surface area contributed by atoms with Crippen molar-refractivity contribution in [2.24, 2.45) is 86.0 Å². The molecule has 2 aliphatic heterocycles. The molecule has 2 heterocycles. The zero-order valence-corrected chi connectivity index (χ0v) is 45.0. The van der Waals surface area contributed by atoms with Crippen molar-refractivity contribution in [3.63, 3.8) is 0 Å². The number of hydrogen-bond donors (Lipinski definition) is 17. The molecule has 22 nitrogen and oxygen atoms in total. The highest BCUT2D eigenvalue weighted by Crippen LogP contribution is 2.04. The Morgan fingerprint density at radius 3 is 1.07 bits per heavy atom. The molecule has 0 aliphatic carbocycles. The van der Waals surface area contributed by atoms with E-state index < -0.39 is 0 Å². The molecular weight excluding hydrogens is 861 g/mol. The average Bonchev–Trinajstić information content (AvgIpc) is 3.35. The van der Waals surface area contributed by atoms with E-state index in [-0.39, 0.29) is 0 Å². The van der Waals surface area contributed by atoms with Gasteiger partial charge in [-0.15, -0.1) is 0 Å². The monoisotopic (exact) mass is 987 g/mol. The quantitative estimate of drug-likeness (QED) is 0.0274. The topological polar surface area (TPSA) is 431 Å². The fraction of sp³-hybridized carbons (Fsp3) is 1.00. The summed E-state index contributed by atoms with van der Waals surface area (Å²) >= 11 is 0. The summed E-state index contributed by atoms with van der Waals surface area (Å²) in [6.07, 6.45) is 12.9. The minimum absolute atomic E-state index is 0.597. The van der Waals surface area contributed by atoms with Gasteiger partial charge >= 0.3 is 0 Å². The lowest BCUT2D eigenvalue weighted by atomic mass is 10.2. The van der Waals surface area contributed by atoms with Gasteiger partial charge in [0.2, 0.25) is 0 Å². The van der Waals surface area contributed by atoms with Crippen molar-refractivity contribution in [2.45, 2.75) is 77.6 Å². The van der Waals surface area contributed by atoms with Crippen LogP contribution in [0.15, 0.2) is 0 Å². The summed E-state index contributed by atoms with van der Waals surface area (Å²) in [5.41, 5.74) is 78.8. The van der Waals surface area contributed by atoms with Gasteiger partial charge in [0.25, 0.3) is 0 Å². The van der Waals surface area contributed by atoms with Crippen LogP contribution in [0.1, 0.15) is 77.6 Å². The number of piperazine rings is 2. The highest BCUT2D eigenvalue weighted by molar-refractivity contribution is 4.72. The van der Waals surface area contributed by atoms with E-state index in [1.807, 2.05) is 7.05 Å². The van der Waals surface area contributed by atoms with E-state index in [1.54, 1.807) is 0 Å². The molecule has 2 fully saturated rings.